The normalized spacial score (nSPS) is 26.2. The average molecular weight is 1510 g/mol. The van der Waals surface area contributed by atoms with Crippen LogP contribution in [0.3, 0.4) is 0 Å². The maximum atomic E-state index is 15.4. The molecule has 0 radical (unpaired) electrons. The van der Waals surface area contributed by atoms with Crippen LogP contribution in [-0.4, -0.2) is 246 Å². The molecule has 3 aliphatic heterocycles. The van der Waals surface area contributed by atoms with Crippen LogP contribution in [0.4, 0.5) is 0 Å². The molecule has 3 saturated heterocycles. The van der Waals surface area contributed by atoms with Crippen molar-refractivity contribution in [2.24, 2.45) is 23.7 Å². The molecule has 2 aromatic carbocycles. The Balaban J connectivity index is 1.46. The summed E-state index contributed by atoms with van der Waals surface area (Å²) in [6.07, 6.45) is 7.29. The number of carbonyl (C=O) groups is 12. The quantitative estimate of drug-likeness (QED) is 0.178. The molecule has 4 fully saturated rings. The van der Waals surface area contributed by atoms with E-state index in [0.717, 1.165) is 42.1 Å². The zero-order valence-electron chi connectivity index (χ0n) is 62.0. The lowest BCUT2D eigenvalue weighted by Crippen LogP contribution is -2.65. The van der Waals surface area contributed by atoms with Crippen molar-refractivity contribution in [3.05, 3.63) is 63.2 Å². The highest BCUT2D eigenvalue weighted by Crippen LogP contribution is 2.32. The van der Waals surface area contributed by atoms with Crippen molar-refractivity contribution < 1.29 is 62.3 Å². The standard InChI is InChI=1S/C74H113IN12O13/c1-17-47(6)63-72(98)81(11)48(7)66(92)87-36-33-57(87)70(96)84(14)59(42-49-25-20-18-21-26-49)69(95)80(10)44-61(88)76-54(41-51-27-24-28-52(75)39-51)64(90)77-56(40-50-29-31-53(100-16)32-30-50)68(94)85(15)74(8,9)73(99)78-55(37-45(2)3)67(93)83(13)60(71(97)86-34-22-19-23-35-86)43-62(89)82(12)58(38-46(4)5)65(91)79-63/h24,27-32,39,45-49,54-60,63H,17-23,25-26,33-38,40-44H2,1-16H3,(H,76,88)(H,77,90)(H,78,99)(H,79,91)/t47-,48-,54-,55-,56-,57?,58-,59-,60-,63-/m0/s1. The molecular formula is C74H113IN12O13. The fourth-order valence-corrected chi connectivity index (χ4v) is 14.4. The van der Waals surface area contributed by atoms with Crippen molar-refractivity contribution in [1.82, 2.24) is 60.5 Å². The van der Waals surface area contributed by atoms with Gasteiger partial charge >= 0.3 is 0 Å². The van der Waals surface area contributed by atoms with Crippen LogP contribution in [0.15, 0.2) is 48.5 Å². The number of hydrogen-bond donors (Lipinski definition) is 4. The zero-order valence-corrected chi connectivity index (χ0v) is 64.2. The van der Waals surface area contributed by atoms with Gasteiger partial charge in [-0.3, -0.25) is 57.5 Å². The fourth-order valence-electron chi connectivity index (χ4n) is 13.7. The van der Waals surface area contributed by atoms with E-state index in [-0.39, 0.29) is 62.8 Å². The van der Waals surface area contributed by atoms with Crippen molar-refractivity contribution in [3.8, 4) is 5.75 Å². The number of likely N-dealkylation sites (N-methyl/N-ethyl adjacent to an activating group) is 6. The molecule has 4 N–H and O–H groups in total. The maximum Gasteiger partial charge on any atom is 0.246 e. The molecule has 1 aliphatic carbocycles. The first-order valence-corrected chi connectivity index (χ1v) is 37.0. The summed E-state index contributed by atoms with van der Waals surface area (Å²) in [6, 6.07) is 3.20. The molecule has 10 atom stereocenters. The lowest BCUT2D eigenvalue weighted by Gasteiger charge is -2.45. The molecule has 0 bridgehead atoms. The number of methoxy groups -OCH3 is 1. The number of rotatable bonds is 14. The lowest BCUT2D eigenvalue weighted by molar-refractivity contribution is -0.160. The molecule has 100 heavy (non-hydrogen) atoms. The van der Waals surface area contributed by atoms with Gasteiger partial charge in [-0.15, -0.1) is 0 Å². The number of amides is 12. The SMILES string of the molecule is CC[C@H](C)[C@@H]1NC(=O)[C@H](CC(C)C)N(C)C(=O)C[C@@H](C(=O)N2CCCCC2)N(C)C(=O)[C@H](CC(C)C)NC(=O)C(C)(C)N(C)C(=O)[C@H](Cc2ccc(OC)cc2)NC(=O)[C@H](Cc2cccc(I)c2)NC(=O)CN(C)C(=O)[C@H](CC2CCCCC2)N(C)C(=O)C2CCN2C(=O)[C@H](C)N(C)C1=O. The number of ether oxygens (including phenoxy) is 1. The number of benzene rings is 2. The Morgan fingerprint density at radius 1 is 0.610 bits per heavy atom. The Morgan fingerprint density at radius 2 is 1.23 bits per heavy atom. The number of likely N-dealkylation sites (tertiary alicyclic amines) is 1. The van der Waals surface area contributed by atoms with E-state index in [1.54, 1.807) is 49.1 Å². The van der Waals surface area contributed by atoms with Crippen LogP contribution in [0, 0.1) is 27.2 Å². The second-order valence-corrected chi connectivity index (χ2v) is 30.9. The Morgan fingerprint density at radius 3 is 1.81 bits per heavy atom. The second kappa shape index (κ2) is 37.0. The zero-order chi connectivity index (χ0) is 74.2. The number of hydrogen-bond acceptors (Lipinski definition) is 13. The predicted octanol–water partition coefficient (Wildman–Crippen LogP) is 5.17. The number of nitrogens with zero attached hydrogens (tertiary/aromatic N) is 8. The van der Waals surface area contributed by atoms with E-state index in [2.05, 4.69) is 43.9 Å². The van der Waals surface area contributed by atoms with E-state index < -0.39 is 150 Å². The van der Waals surface area contributed by atoms with Crippen LogP contribution in [-0.2, 0) is 70.4 Å². The van der Waals surface area contributed by atoms with Gasteiger partial charge in [0.1, 0.15) is 65.7 Å². The van der Waals surface area contributed by atoms with Crippen molar-refractivity contribution in [2.45, 2.75) is 225 Å². The summed E-state index contributed by atoms with van der Waals surface area (Å²) >= 11 is 2.14. The minimum absolute atomic E-state index is 0.0529. The van der Waals surface area contributed by atoms with Gasteiger partial charge in [0.05, 0.1) is 20.1 Å². The third-order valence-corrected chi connectivity index (χ3v) is 21.7. The van der Waals surface area contributed by atoms with Crippen molar-refractivity contribution in [3.63, 3.8) is 0 Å². The van der Waals surface area contributed by atoms with Crippen molar-refractivity contribution in [2.75, 3.05) is 75.6 Å². The summed E-state index contributed by atoms with van der Waals surface area (Å²) in [5, 5.41) is 11.6. The van der Waals surface area contributed by atoms with E-state index in [4.69, 9.17) is 4.74 Å². The summed E-state index contributed by atoms with van der Waals surface area (Å²) in [5.41, 5.74) is -0.486. The number of piperidine rings is 1. The Labute approximate surface area is 606 Å². The van der Waals surface area contributed by atoms with Crippen LogP contribution < -0.4 is 26.0 Å². The summed E-state index contributed by atoms with van der Waals surface area (Å²) in [6.45, 7) is 16.1. The van der Waals surface area contributed by atoms with Crippen molar-refractivity contribution in [1.29, 1.82) is 0 Å². The molecule has 2 aromatic rings. The van der Waals surface area contributed by atoms with E-state index in [9.17, 15) is 28.8 Å². The minimum atomic E-state index is -1.75. The maximum absolute atomic E-state index is 15.4. The van der Waals surface area contributed by atoms with E-state index in [1.807, 2.05) is 52.8 Å². The Hall–Kier alpha value is -7.39. The van der Waals surface area contributed by atoms with E-state index in [1.165, 1.54) is 97.5 Å². The number of nitrogens with one attached hydrogen (secondary N) is 4. The summed E-state index contributed by atoms with van der Waals surface area (Å²) < 4.78 is 6.27. The monoisotopic (exact) mass is 1500 g/mol. The largest absolute Gasteiger partial charge is 0.497 e. The summed E-state index contributed by atoms with van der Waals surface area (Å²) in [5.74, 6) is -7.85. The van der Waals surface area contributed by atoms with Crippen LogP contribution in [0.2, 0.25) is 0 Å². The Kier molecular flexibility index (Phi) is 30.2. The minimum Gasteiger partial charge on any atom is -0.497 e. The van der Waals surface area contributed by atoms with Crippen molar-refractivity contribution >= 4 is 93.5 Å². The number of halogens is 1. The van der Waals surface area contributed by atoms with Crippen LogP contribution in [0.5, 0.6) is 5.75 Å². The van der Waals surface area contributed by atoms with Gasteiger partial charge < -0.3 is 65.2 Å². The molecule has 0 spiro atoms. The average Bonchev–Trinajstić information content (AvgIpc) is 0.456. The predicted molar refractivity (Wildman–Crippen MR) is 388 cm³/mol. The first kappa shape index (κ1) is 81.6. The highest BCUT2D eigenvalue weighted by molar-refractivity contribution is 14.1. The molecule has 25 nitrogen and oxygen atoms in total. The van der Waals surface area contributed by atoms with Crippen LogP contribution >= 0.6 is 22.6 Å². The molecule has 6 rings (SSSR count). The second-order valence-electron chi connectivity index (χ2n) is 29.6. The van der Waals surface area contributed by atoms with Gasteiger partial charge in [0.25, 0.3) is 0 Å². The fraction of sp³-hybridized carbons (Fsp3) is 0.676. The molecule has 4 aliphatic rings. The van der Waals surface area contributed by atoms with Crippen LogP contribution in [0.25, 0.3) is 0 Å². The summed E-state index contributed by atoms with van der Waals surface area (Å²) in [4.78, 5) is 190. The molecular weight excluding hydrogens is 1390 g/mol. The van der Waals surface area contributed by atoms with Gasteiger partial charge in [-0.25, -0.2) is 0 Å². The van der Waals surface area contributed by atoms with E-state index >= 15 is 28.8 Å². The first-order valence-electron chi connectivity index (χ1n) is 35.9. The molecule has 0 aromatic heterocycles. The molecule has 12 amide bonds. The third kappa shape index (κ3) is 21.1. The van der Waals surface area contributed by atoms with Gasteiger partial charge in [0.15, 0.2) is 0 Å². The molecule has 554 valence electrons. The highest BCUT2D eigenvalue weighted by Gasteiger charge is 2.47. The Bertz CT molecular complexity index is 3230. The van der Waals surface area contributed by atoms with Gasteiger partial charge in [-0.1, -0.05) is 104 Å². The smallest absolute Gasteiger partial charge is 0.246 e. The number of fused-ring (bicyclic) bond motifs is 1. The van der Waals surface area contributed by atoms with Crippen LogP contribution in [0.1, 0.15) is 163 Å². The van der Waals surface area contributed by atoms with Gasteiger partial charge in [0.2, 0.25) is 70.9 Å². The lowest BCUT2D eigenvalue weighted by atomic mass is 9.84. The van der Waals surface area contributed by atoms with Gasteiger partial charge in [-0.05, 0) is 147 Å². The van der Waals surface area contributed by atoms with Gasteiger partial charge in [0, 0.05) is 78.3 Å². The third-order valence-electron chi connectivity index (χ3n) is 21.0. The van der Waals surface area contributed by atoms with Gasteiger partial charge in [-0.2, -0.15) is 0 Å². The molecule has 1 unspecified atom stereocenters. The summed E-state index contributed by atoms with van der Waals surface area (Å²) in [7, 11) is 10.2. The molecule has 3 heterocycles. The number of carbonyl (C=O) groups excluding carboxylic acids is 12. The molecule has 1 saturated carbocycles. The highest BCUT2D eigenvalue weighted by atomic mass is 127. The van der Waals surface area contributed by atoms with E-state index in [0.29, 0.717) is 49.2 Å². The first-order chi connectivity index (χ1) is 47.1. The topological polar surface area (TPSA) is 288 Å². The molecule has 26 heteroatoms.